The average molecular weight is 353 g/mol. The maximum Gasteiger partial charge on any atom is 0.254 e. The predicted molar refractivity (Wildman–Crippen MR) is 98.3 cm³/mol. The fourth-order valence-electron chi connectivity index (χ4n) is 3.47. The molecule has 1 aliphatic heterocycles. The highest BCUT2D eigenvalue weighted by Gasteiger charge is 2.23. The van der Waals surface area contributed by atoms with E-state index in [1.807, 2.05) is 4.52 Å². The number of nitrogens with zero attached hydrogens (tertiary/aromatic N) is 7. The van der Waals surface area contributed by atoms with Crippen molar-refractivity contribution in [3.63, 3.8) is 0 Å². The lowest BCUT2D eigenvalue weighted by atomic mass is 9.96. The molecule has 8 heteroatoms. The first-order chi connectivity index (χ1) is 12.6. The van der Waals surface area contributed by atoms with Gasteiger partial charge >= 0.3 is 0 Å². The molecule has 4 rings (SSSR count). The van der Waals surface area contributed by atoms with E-state index in [1.165, 1.54) is 6.07 Å². The van der Waals surface area contributed by atoms with E-state index in [0.29, 0.717) is 17.6 Å². The molecule has 0 saturated carbocycles. The molecule has 4 heterocycles. The van der Waals surface area contributed by atoms with Gasteiger partial charge in [-0.15, -0.1) is 0 Å². The van der Waals surface area contributed by atoms with Crippen molar-refractivity contribution in [3.05, 3.63) is 47.0 Å². The molecule has 136 valence electrons. The topological polar surface area (TPSA) is 81.2 Å². The Kier molecular flexibility index (Phi) is 4.40. The van der Waals surface area contributed by atoms with Gasteiger partial charge in [0.25, 0.3) is 11.3 Å². The normalized spacial score (nSPS) is 15.9. The molecule has 0 N–H and O–H groups in total. The van der Waals surface area contributed by atoms with Crippen molar-refractivity contribution in [1.82, 2.24) is 29.1 Å². The molecule has 3 aromatic rings. The first-order valence-electron chi connectivity index (χ1n) is 9.08. The zero-order valence-corrected chi connectivity index (χ0v) is 15.1. The van der Waals surface area contributed by atoms with Gasteiger partial charge in [-0.2, -0.15) is 14.6 Å². The number of aromatic nitrogens is 6. The fraction of sp³-hybridized carbons (Fsp3) is 0.500. The van der Waals surface area contributed by atoms with Gasteiger partial charge < -0.3 is 4.90 Å². The van der Waals surface area contributed by atoms with Crippen molar-refractivity contribution < 1.29 is 0 Å². The monoisotopic (exact) mass is 353 g/mol. The van der Waals surface area contributed by atoms with Gasteiger partial charge in [-0.1, -0.05) is 13.8 Å². The van der Waals surface area contributed by atoms with Crippen LogP contribution in [0.25, 0.3) is 5.78 Å². The van der Waals surface area contributed by atoms with E-state index in [0.717, 1.165) is 44.0 Å². The Hall–Kier alpha value is -2.77. The summed E-state index contributed by atoms with van der Waals surface area (Å²) in [4.78, 5) is 27.1. The highest BCUT2D eigenvalue weighted by Crippen LogP contribution is 2.26. The predicted octanol–water partition coefficient (Wildman–Crippen LogP) is 1.72. The van der Waals surface area contributed by atoms with E-state index in [1.54, 1.807) is 23.4 Å². The number of hydrogen-bond donors (Lipinski definition) is 0. The molecule has 3 aromatic heterocycles. The van der Waals surface area contributed by atoms with Crippen molar-refractivity contribution >= 4 is 11.6 Å². The molecule has 0 amide bonds. The molecular formula is C18H23N7O. The van der Waals surface area contributed by atoms with Gasteiger partial charge in [0.05, 0.1) is 12.0 Å². The van der Waals surface area contributed by atoms with E-state index in [-0.39, 0.29) is 5.56 Å². The third-order valence-electron chi connectivity index (χ3n) is 5.03. The lowest BCUT2D eigenvalue weighted by Gasteiger charge is -2.33. The summed E-state index contributed by atoms with van der Waals surface area (Å²) in [6.07, 6.45) is 6.78. The number of rotatable bonds is 4. The SMILES string of the molecule is CC(C)c1cc(N2CCC(Cn3cnccc3=O)CC2)n2ncnc2n1. The quantitative estimate of drug-likeness (QED) is 0.710. The molecule has 0 aliphatic carbocycles. The first kappa shape index (κ1) is 16.7. The standard InChI is InChI=1S/C18H23N7O/c1-13(2)15-9-16(25-18(22-15)20-11-21-25)23-7-4-14(5-8-23)10-24-12-19-6-3-17(24)26/h3,6,9,11-14H,4-5,7-8,10H2,1-2H3. The molecule has 1 fully saturated rings. The van der Waals surface area contributed by atoms with Gasteiger partial charge in [0.1, 0.15) is 12.1 Å². The maximum absolute atomic E-state index is 11.9. The van der Waals surface area contributed by atoms with E-state index in [9.17, 15) is 4.79 Å². The van der Waals surface area contributed by atoms with E-state index in [4.69, 9.17) is 0 Å². The summed E-state index contributed by atoms with van der Waals surface area (Å²) in [6.45, 7) is 6.85. The number of piperidine rings is 1. The minimum Gasteiger partial charge on any atom is -0.356 e. The minimum atomic E-state index is 0.0162. The van der Waals surface area contributed by atoms with Gasteiger partial charge in [-0.05, 0) is 24.7 Å². The van der Waals surface area contributed by atoms with Crippen LogP contribution in [0, 0.1) is 5.92 Å². The lowest BCUT2D eigenvalue weighted by molar-refractivity contribution is 0.349. The van der Waals surface area contributed by atoms with Crippen molar-refractivity contribution in [2.24, 2.45) is 5.92 Å². The van der Waals surface area contributed by atoms with Crippen LogP contribution in [0.3, 0.4) is 0 Å². The summed E-state index contributed by atoms with van der Waals surface area (Å²) in [5, 5.41) is 4.34. The van der Waals surface area contributed by atoms with Crippen LogP contribution >= 0.6 is 0 Å². The van der Waals surface area contributed by atoms with Crippen LogP contribution in [0.1, 0.15) is 38.3 Å². The summed E-state index contributed by atoms with van der Waals surface area (Å²) >= 11 is 0. The highest BCUT2D eigenvalue weighted by atomic mass is 16.1. The van der Waals surface area contributed by atoms with Crippen molar-refractivity contribution in [3.8, 4) is 0 Å². The van der Waals surface area contributed by atoms with Gasteiger partial charge in [0, 0.05) is 38.0 Å². The van der Waals surface area contributed by atoms with Crippen LogP contribution in [-0.2, 0) is 6.54 Å². The Morgan fingerprint density at radius 2 is 2.08 bits per heavy atom. The largest absolute Gasteiger partial charge is 0.356 e. The van der Waals surface area contributed by atoms with Gasteiger partial charge in [0.2, 0.25) is 0 Å². The minimum absolute atomic E-state index is 0.0162. The van der Waals surface area contributed by atoms with Gasteiger partial charge in [0.15, 0.2) is 0 Å². The Balaban J connectivity index is 1.51. The third-order valence-corrected chi connectivity index (χ3v) is 5.03. The Morgan fingerprint density at radius 3 is 2.81 bits per heavy atom. The van der Waals surface area contributed by atoms with Gasteiger partial charge in [-0.3, -0.25) is 9.36 Å². The molecule has 0 aromatic carbocycles. The molecule has 1 aliphatic rings. The molecule has 0 atom stereocenters. The van der Waals surface area contributed by atoms with Crippen molar-refractivity contribution in [1.29, 1.82) is 0 Å². The molecule has 0 radical (unpaired) electrons. The Morgan fingerprint density at radius 1 is 1.27 bits per heavy atom. The Bertz CT molecular complexity index is 953. The molecular weight excluding hydrogens is 330 g/mol. The zero-order valence-electron chi connectivity index (χ0n) is 15.1. The first-order valence-corrected chi connectivity index (χ1v) is 9.08. The van der Waals surface area contributed by atoms with E-state index in [2.05, 4.69) is 44.9 Å². The van der Waals surface area contributed by atoms with Crippen molar-refractivity contribution in [2.45, 2.75) is 39.2 Å². The van der Waals surface area contributed by atoms with Crippen LogP contribution in [0.5, 0.6) is 0 Å². The number of hydrogen-bond acceptors (Lipinski definition) is 6. The number of fused-ring (bicyclic) bond motifs is 1. The second kappa shape index (κ2) is 6.86. The second-order valence-corrected chi connectivity index (χ2v) is 7.17. The van der Waals surface area contributed by atoms with Crippen molar-refractivity contribution in [2.75, 3.05) is 18.0 Å². The molecule has 1 saturated heterocycles. The smallest absolute Gasteiger partial charge is 0.254 e. The second-order valence-electron chi connectivity index (χ2n) is 7.17. The maximum atomic E-state index is 11.9. The van der Waals surface area contributed by atoms with Crippen LogP contribution in [-0.4, -0.2) is 42.2 Å². The summed E-state index contributed by atoms with van der Waals surface area (Å²) in [5.41, 5.74) is 1.05. The molecule has 26 heavy (non-hydrogen) atoms. The van der Waals surface area contributed by atoms with Gasteiger partial charge in [-0.25, -0.2) is 9.97 Å². The summed E-state index contributed by atoms with van der Waals surface area (Å²) < 4.78 is 3.52. The molecule has 0 bridgehead atoms. The van der Waals surface area contributed by atoms with Crippen LogP contribution < -0.4 is 10.5 Å². The summed E-state index contributed by atoms with van der Waals surface area (Å²) in [6, 6.07) is 3.64. The summed E-state index contributed by atoms with van der Waals surface area (Å²) in [7, 11) is 0. The molecule has 0 unspecified atom stereocenters. The van der Waals surface area contributed by atoms with Crippen LogP contribution in [0.2, 0.25) is 0 Å². The average Bonchev–Trinajstić information content (AvgIpc) is 3.12. The highest BCUT2D eigenvalue weighted by molar-refractivity contribution is 5.48. The third kappa shape index (κ3) is 3.18. The number of anilines is 1. The molecule has 8 nitrogen and oxygen atoms in total. The van der Waals surface area contributed by atoms with E-state index >= 15 is 0 Å². The molecule has 0 spiro atoms. The zero-order chi connectivity index (χ0) is 18.1. The van der Waals surface area contributed by atoms with Crippen LogP contribution in [0.4, 0.5) is 5.82 Å². The summed E-state index contributed by atoms with van der Waals surface area (Å²) in [5.74, 6) is 2.51. The lowest BCUT2D eigenvalue weighted by Crippen LogP contribution is -2.37. The van der Waals surface area contributed by atoms with E-state index < -0.39 is 0 Å². The Labute approximate surface area is 151 Å². The van der Waals surface area contributed by atoms with Crippen LogP contribution in [0.15, 0.2) is 35.8 Å². The fourth-order valence-corrected chi connectivity index (χ4v) is 3.47.